The van der Waals surface area contributed by atoms with Crippen molar-refractivity contribution >= 4 is 17.3 Å². The summed E-state index contributed by atoms with van der Waals surface area (Å²) < 4.78 is 0. The molecule has 0 radical (unpaired) electrons. The van der Waals surface area contributed by atoms with Crippen molar-refractivity contribution in [3.05, 3.63) is 0 Å². The van der Waals surface area contributed by atoms with Crippen LogP contribution in [-0.2, 0) is 14.4 Å². The van der Waals surface area contributed by atoms with Crippen LogP contribution in [0.15, 0.2) is 0 Å². The summed E-state index contributed by atoms with van der Waals surface area (Å²) in [5.41, 5.74) is 0. The fourth-order valence-corrected chi connectivity index (χ4v) is 1.12. The van der Waals surface area contributed by atoms with Gasteiger partial charge < -0.3 is 0 Å². The second kappa shape index (κ2) is 2.33. The predicted octanol–water partition coefficient (Wildman–Crippen LogP) is 0.124. The summed E-state index contributed by atoms with van der Waals surface area (Å²) in [7, 11) is 0. The lowest BCUT2D eigenvalue weighted by atomic mass is 10.0. The van der Waals surface area contributed by atoms with Crippen molar-refractivity contribution in [2.24, 2.45) is 5.92 Å². The first kappa shape index (κ1) is 7.12. The average molecular weight is 140 g/mol. The lowest BCUT2D eigenvalue weighted by molar-refractivity contribution is -0.136. The van der Waals surface area contributed by atoms with Crippen molar-refractivity contribution in [3.63, 3.8) is 0 Å². The van der Waals surface area contributed by atoms with Crippen LogP contribution in [0.2, 0.25) is 0 Å². The van der Waals surface area contributed by atoms with Gasteiger partial charge in [-0.25, -0.2) is 0 Å². The molecule has 1 fully saturated rings. The Morgan fingerprint density at radius 3 is 2.20 bits per heavy atom. The van der Waals surface area contributed by atoms with Crippen molar-refractivity contribution in [2.45, 2.75) is 19.8 Å². The van der Waals surface area contributed by atoms with Crippen molar-refractivity contribution in [2.75, 3.05) is 0 Å². The number of carbonyl (C=O) groups is 3. The first-order valence-corrected chi connectivity index (χ1v) is 3.26. The number of hydrogen-bond donors (Lipinski definition) is 0. The van der Waals surface area contributed by atoms with Crippen LogP contribution >= 0.6 is 0 Å². The van der Waals surface area contributed by atoms with E-state index in [1.54, 1.807) is 6.92 Å². The maximum atomic E-state index is 10.8. The minimum absolute atomic E-state index is 0.169. The van der Waals surface area contributed by atoms with Gasteiger partial charge >= 0.3 is 0 Å². The highest BCUT2D eigenvalue weighted by atomic mass is 16.2. The van der Waals surface area contributed by atoms with E-state index in [4.69, 9.17) is 0 Å². The molecule has 3 heteroatoms. The van der Waals surface area contributed by atoms with E-state index in [2.05, 4.69) is 0 Å². The largest absolute Gasteiger partial charge is 0.298 e. The Labute approximate surface area is 58.4 Å². The fourth-order valence-electron chi connectivity index (χ4n) is 1.12. The van der Waals surface area contributed by atoms with Crippen LogP contribution in [0, 0.1) is 5.92 Å². The van der Waals surface area contributed by atoms with Crippen LogP contribution in [0.4, 0.5) is 0 Å². The van der Waals surface area contributed by atoms with Crippen molar-refractivity contribution in [1.82, 2.24) is 0 Å². The molecule has 3 nitrogen and oxygen atoms in total. The van der Waals surface area contributed by atoms with Crippen LogP contribution in [0.25, 0.3) is 0 Å². The summed E-state index contributed by atoms with van der Waals surface area (Å²) >= 11 is 0. The molecule has 0 aromatic carbocycles. The predicted molar refractivity (Wildman–Crippen MR) is 33.4 cm³/mol. The zero-order valence-electron chi connectivity index (χ0n) is 5.72. The third kappa shape index (κ3) is 0.875. The van der Waals surface area contributed by atoms with Gasteiger partial charge in [0, 0.05) is 0 Å². The Hall–Kier alpha value is -0.990. The van der Waals surface area contributed by atoms with Crippen molar-refractivity contribution in [3.8, 4) is 0 Å². The Morgan fingerprint density at radius 2 is 2.00 bits per heavy atom. The number of carbonyl (C=O) groups excluding carboxylic acids is 3. The van der Waals surface area contributed by atoms with Gasteiger partial charge in [0.05, 0.1) is 12.3 Å². The molecule has 0 aromatic rings. The van der Waals surface area contributed by atoms with Gasteiger partial charge in [0.15, 0.2) is 5.78 Å². The van der Waals surface area contributed by atoms with E-state index in [1.165, 1.54) is 0 Å². The Bertz CT molecular complexity index is 205. The summed E-state index contributed by atoms with van der Waals surface area (Å²) in [6.45, 7) is 1.74. The smallest absolute Gasteiger partial charge is 0.209 e. The number of ketones is 3. The molecule has 1 unspecified atom stereocenters. The molecule has 0 heterocycles. The van der Waals surface area contributed by atoms with E-state index in [0.29, 0.717) is 6.42 Å². The van der Waals surface area contributed by atoms with Gasteiger partial charge in [-0.15, -0.1) is 0 Å². The van der Waals surface area contributed by atoms with Crippen LogP contribution in [0.5, 0.6) is 0 Å². The van der Waals surface area contributed by atoms with Gasteiger partial charge in [-0.1, -0.05) is 6.92 Å². The van der Waals surface area contributed by atoms with E-state index in [-0.39, 0.29) is 12.2 Å². The molecular formula is C7H8O3. The average Bonchev–Trinajstić information content (AvgIpc) is 2.09. The zero-order chi connectivity index (χ0) is 7.72. The van der Waals surface area contributed by atoms with Crippen LogP contribution < -0.4 is 0 Å². The van der Waals surface area contributed by atoms with E-state index in [1.807, 2.05) is 0 Å². The lowest BCUT2D eigenvalue weighted by Crippen LogP contribution is -2.15. The van der Waals surface area contributed by atoms with Gasteiger partial charge in [0.25, 0.3) is 0 Å². The monoisotopic (exact) mass is 140 g/mol. The zero-order valence-corrected chi connectivity index (χ0v) is 5.72. The SMILES string of the molecule is CCC1C(=O)CC(=O)C1=O. The molecule has 0 amide bonds. The van der Waals surface area contributed by atoms with Gasteiger partial charge in [0.2, 0.25) is 11.6 Å². The molecule has 10 heavy (non-hydrogen) atoms. The third-order valence-electron chi connectivity index (χ3n) is 1.72. The molecule has 1 atom stereocenters. The summed E-state index contributed by atoms with van der Waals surface area (Å²) in [5, 5.41) is 0. The lowest BCUT2D eigenvalue weighted by Gasteiger charge is -1.96. The highest BCUT2D eigenvalue weighted by Gasteiger charge is 2.38. The minimum atomic E-state index is -0.618. The third-order valence-corrected chi connectivity index (χ3v) is 1.72. The first-order valence-electron chi connectivity index (χ1n) is 3.26. The van der Waals surface area contributed by atoms with Crippen LogP contribution in [0.1, 0.15) is 19.8 Å². The van der Waals surface area contributed by atoms with Gasteiger partial charge in [-0.3, -0.25) is 14.4 Å². The normalized spacial score (nSPS) is 26.1. The molecule has 1 saturated carbocycles. The number of hydrogen-bond acceptors (Lipinski definition) is 3. The second-order valence-electron chi connectivity index (χ2n) is 2.39. The molecule has 1 rings (SSSR count). The molecule has 0 N–H and O–H groups in total. The van der Waals surface area contributed by atoms with Crippen molar-refractivity contribution in [1.29, 1.82) is 0 Å². The van der Waals surface area contributed by atoms with E-state index < -0.39 is 17.5 Å². The van der Waals surface area contributed by atoms with Crippen molar-refractivity contribution < 1.29 is 14.4 Å². The van der Waals surface area contributed by atoms with E-state index >= 15 is 0 Å². The van der Waals surface area contributed by atoms with Gasteiger partial charge in [-0.05, 0) is 6.42 Å². The van der Waals surface area contributed by atoms with Crippen LogP contribution in [0.3, 0.4) is 0 Å². The summed E-state index contributed by atoms with van der Waals surface area (Å²) in [5.74, 6) is -1.84. The summed E-state index contributed by atoms with van der Waals surface area (Å²) in [6, 6.07) is 0. The summed E-state index contributed by atoms with van der Waals surface area (Å²) in [6.07, 6.45) is 0.292. The maximum absolute atomic E-state index is 10.8. The second-order valence-corrected chi connectivity index (χ2v) is 2.39. The first-order chi connectivity index (χ1) is 4.66. The van der Waals surface area contributed by atoms with Gasteiger partial charge in [0.1, 0.15) is 0 Å². The molecule has 0 saturated heterocycles. The molecule has 54 valence electrons. The Morgan fingerprint density at radius 1 is 1.40 bits per heavy atom. The summed E-state index contributed by atoms with van der Waals surface area (Å²) in [4.78, 5) is 32.1. The quantitative estimate of drug-likeness (QED) is 0.384. The standard InChI is InChI=1S/C7H8O3/c1-2-4-5(8)3-6(9)7(4)10/h4H,2-3H2,1H3. The number of Topliss-reactive ketones (excluding diaryl/α,β-unsaturated/α-hetero) is 3. The molecule has 0 bridgehead atoms. The Kier molecular flexibility index (Phi) is 1.66. The molecule has 0 aliphatic heterocycles. The van der Waals surface area contributed by atoms with Gasteiger partial charge in [-0.2, -0.15) is 0 Å². The molecule has 0 spiro atoms. The highest BCUT2D eigenvalue weighted by molar-refractivity contribution is 6.49. The molecule has 1 aliphatic carbocycles. The molecular weight excluding hydrogens is 132 g/mol. The van der Waals surface area contributed by atoms with Crippen LogP contribution in [-0.4, -0.2) is 17.3 Å². The van der Waals surface area contributed by atoms with E-state index in [9.17, 15) is 14.4 Å². The maximum Gasteiger partial charge on any atom is 0.209 e. The minimum Gasteiger partial charge on any atom is -0.298 e. The van der Waals surface area contributed by atoms with E-state index in [0.717, 1.165) is 0 Å². The Balaban J connectivity index is 2.84. The molecule has 0 aromatic heterocycles. The number of rotatable bonds is 1. The topological polar surface area (TPSA) is 51.2 Å². The molecule has 1 aliphatic rings. The fraction of sp³-hybridized carbons (Fsp3) is 0.571. The highest BCUT2D eigenvalue weighted by Crippen LogP contribution is 2.17.